The molecule has 0 bridgehead atoms. The number of carboxylic acid groups (broad SMARTS) is 1. The van der Waals surface area contributed by atoms with E-state index in [4.69, 9.17) is 4.74 Å². The zero-order chi connectivity index (χ0) is 28.8. The van der Waals surface area contributed by atoms with Crippen LogP contribution in [0.4, 0.5) is 0 Å². The normalized spacial score (nSPS) is 27.7. The minimum atomic E-state index is -0.596. The predicted molar refractivity (Wildman–Crippen MR) is 167 cm³/mol. The summed E-state index contributed by atoms with van der Waals surface area (Å²) >= 11 is 0. The van der Waals surface area contributed by atoms with Crippen LogP contribution in [0.15, 0.2) is 30.3 Å². The third-order valence-electron chi connectivity index (χ3n) is 11.0. The molecular weight excluding hydrogens is 529 g/mol. The molecule has 4 aliphatic rings. The van der Waals surface area contributed by atoms with Crippen molar-refractivity contribution >= 4 is 20.5 Å². The van der Waals surface area contributed by atoms with Crippen molar-refractivity contribution in [2.24, 2.45) is 17.3 Å². The van der Waals surface area contributed by atoms with Crippen molar-refractivity contribution in [2.45, 2.75) is 103 Å². The van der Waals surface area contributed by atoms with E-state index in [0.717, 1.165) is 76.8 Å². The van der Waals surface area contributed by atoms with E-state index in [0.29, 0.717) is 17.8 Å². The Morgan fingerprint density at radius 3 is 2.34 bits per heavy atom. The van der Waals surface area contributed by atoms with Crippen LogP contribution >= 0.6 is 9.24 Å². The van der Waals surface area contributed by atoms with Gasteiger partial charge in [-0.3, -0.25) is 9.69 Å². The second-order valence-corrected chi connectivity index (χ2v) is 14.4. The second kappa shape index (κ2) is 11.7. The number of likely N-dealkylation sites (tertiary alicyclic amines) is 1. The van der Waals surface area contributed by atoms with Crippen molar-refractivity contribution in [1.29, 1.82) is 0 Å². The molecule has 2 saturated heterocycles. The van der Waals surface area contributed by atoms with E-state index in [1.165, 1.54) is 52.4 Å². The lowest BCUT2D eigenvalue weighted by molar-refractivity contribution is -0.152. The molecule has 6 heteroatoms. The van der Waals surface area contributed by atoms with Gasteiger partial charge < -0.3 is 14.9 Å². The predicted octanol–water partition coefficient (Wildman–Crippen LogP) is 6.44. The number of aliphatic carboxylic acids is 1. The number of benzene rings is 2. The van der Waals surface area contributed by atoms with Crippen molar-refractivity contribution < 1.29 is 19.7 Å². The summed E-state index contributed by atoms with van der Waals surface area (Å²) in [5, 5.41) is 21.6. The zero-order valence-electron chi connectivity index (χ0n) is 25.0. The Morgan fingerprint density at radius 1 is 1.05 bits per heavy atom. The summed E-state index contributed by atoms with van der Waals surface area (Å²) in [4.78, 5) is 14.4. The van der Waals surface area contributed by atoms with Gasteiger partial charge in [-0.1, -0.05) is 44.2 Å². The molecule has 5 nitrogen and oxygen atoms in total. The van der Waals surface area contributed by atoms with Crippen LogP contribution in [-0.2, 0) is 29.1 Å². The Kier molecular flexibility index (Phi) is 8.37. The van der Waals surface area contributed by atoms with Crippen LogP contribution in [0.3, 0.4) is 0 Å². The molecule has 0 amide bonds. The summed E-state index contributed by atoms with van der Waals surface area (Å²) in [6.07, 6.45) is 10.2. The van der Waals surface area contributed by atoms with Gasteiger partial charge in [0.15, 0.2) is 0 Å². The smallest absolute Gasteiger partial charge is 0.309 e. The van der Waals surface area contributed by atoms with Gasteiger partial charge in [0, 0.05) is 19.6 Å². The minimum Gasteiger partial charge on any atom is -0.481 e. The highest BCUT2D eigenvalue weighted by atomic mass is 31.0. The Labute approximate surface area is 248 Å². The summed E-state index contributed by atoms with van der Waals surface area (Å²) in [6.45, 7) is 8.08. The van der Waals surface area contributed by atoms with Crippen molar-refractivity contribution in [3.8, 4) is 11.1 Å². The Bertz CT molecular complexity index is 1260. The van der Waals surface area contributed by atoms with Gasteiger partial charge in [0.2, 0.25) is 0 Å². The van der Waals surface area contributed by atoms with Crippen LogP contribution in [0.5, 0.6) is 0 Å². The van der Waals surface area contributed by atoms with Gasteiger partial charge in [0.25, 0.3) is 0 Å². The molecule has 2 heterocycles. The fourth-order valence-corrected chi connectivity index (χ4v) is 8.61. The average molecular weight is 578 g/mol. The number of rotatable bonds is 10. The van der Waals surface area contributed by atoms with Crippen LogP contribution < -0.4 is 5.30 Å². The minimum absolute atomic E-state index is 0.00106. The summed E-state index contributed by atoms with van der Waals surface area (Å²) in [6, 6.07) is 11.2. The first kappa shape index (κ1) is 29.3. The van der Waals surface area contributed by atoms with Gasteiger partial charge in [0.05, 0.1) is 24.2 Å². The lowest BCUT2D eigenvalue weighted by Gasteiger charge is -2.47. The molecule has 222 valence electrons. The molecule has 1 spiro atoms. The third-order valence-corrected chi connectivity index (χ3v) is 11.3. The van der Waals surface area contributed by atoms with Crippen molar-refractivity contribution in [3.63, 3.8) is 0 Å². The molecular formula is C35H48NO4P. The number of nitrogens with zero attached hydrogens (tertiary/aromatic N) is 1. The quantitative estimate of drug-likeness (QED) is 0.318. The number of aliphatic hydroxyl groups is 1. The average Bonchev–Trinajstić information content (AvgIpc) is 3.73. The summed E-state index contributed by atoms with van der Waals surface area (Å²) in [7, 11) is 2.77. The van der Waals surface area contributed by atoms with E-state index in [2.05, 4.69) is 51.4 Å². The number of aliphatic hydroxyl groups excluding tert-OH is 1. The molecule has 6 rings (SSSR count). The van der Waals surface area contributed by atoms with Gasteiger partial charge in [-0.15, -0.1) is 9.24 Å². The standard InChI is InChI=1S/C35H48NO4P/c1-3-29-27(16-30(25-5-6-25)32(31(29)19-37)26-7-9-28(41)10-8-26)18-36-21-35(22-36)17-24(20-40-35)15-23-11-13-34(4-2,14-12-23)33(38)39/h7-10,16,23-25,37H,3-6,11-15,17-22,41H2,1-2H3,(H,38,39). The van der Waals surface area contributed by atoms with E-state index in [1.54, 1.807) is 0 Å². The van der Waals surface area contributed by atoms with Crippen molar-refractivity contribution in [3.05, 3.63) is 52.6 Å². The first-order chi connectivity index (χ1) is 19.8. The molecule has 2 aromatic rings. The number of hydrogen-bond donors (Lipinski definition) is 2. The molecule has 2 aliphatic heterocycles. The first-order valence-corrected chi connectivity index (χ1v) is 16.6. The molecule has 0 radical (unpaired) electrons. The SMILES string of the molecule is CCc1c(CN2CC3(CC(CC4CCC(CC)(C(=O)O)CC4)CO3)C2)cc(C2CC2)c(-c2ccc(P)cc2)c1CO. The molecule has 2 aromatic carbocycles. The molecule has 2 aliphatic carbocycles. The molecule has 2 unspecified atom stereocenters. The third kappa shape index (κ3) is 5.77. The van der Waals surface area contributed by atoms with Crippen molar-refractivity contribution in [2.75, 3.05) is 19.7 Å². The maximum absolute atomic E-state index is 11.8. The van der Waals surface area contributed by atoms with Gasteiger partial charge in [-0.05, 0) is 121 Å². The van der Waals surface area contributed by atoms with Gasteiger partial charge >= 0.3 is 5.97 Å². The van der Waals surface area contributed by atoms with E-state index >= 15 is 0 Å². The lowest BCUT2D eigenvalue weighted by Crippen LogP contribution is -2.60. The number of hydrogen-bond acceptors (Lipinski definition) is 4. The fraction of sp³-hybridized carbons (Fsp3) is 0.629. The molecule has 0 aromatic heterocycles. The monoisotopic (exact) mass is 577 g/mol. The summed E-state index contributed by atoms with van der Waals surface area (Å²) in [5.74, 6) is 1.25. The van der Waals surface area contributed by atoms with Crippen LogP contribution in [0, 0.1) is 17.3 Å². The highest BCUT2D eigenvalue weighted by Gasteiger charge is 2.50. The van der Waals surface area contributed by atoms with Crippen LogP contribution in [0.25, 0.3) is 11.1 Å². The highest BCUT2D eigenvalue weighted by molar-refractivity contribution is 7.27. The first-order valence-electron chi connectivity index (χ1n) is 16.0. The van der Waals surface area contributed by atoms with Crippen LogP contribution in [0.1, 0.15) is 99.8 Å². The van der Waals surface area contributed by atoms with Crippen molar-refractivity contribution in [1.82, 2.24) is 4.90 Å². The maximum atomic E-state index is 11.8. The molecule has 2 saturated carbocycles. The fourth-order valence-electron chi connectivity index (χ4n) is 8.42. The van der Waals surface area contributed by atoms with Gasteiger partial charge in [0.1, 0.15) is 0 Å². The summed E-state index contributed by atoms with van der Waals surface area (Å²) < 4.78 is 6.48. The number of ether oxygens (including phenoxy) is 1. The second-order valence-electron chi connectivity index (χ2n) is 13.7. The topological polar surface area (TPSA) is 70.0 Å². The Morgan fingerprint density at radius 2 is 1.76 bits per heavy atom. The van der Waals surface area contributed by atoms with Crippen LogP contribution in [-0.4, -0.2) is 46.4 Å². The van der Waals surface area contributed by atoms with E-state index in [-0.39, 0.29) is 12.2 Å². The molecule has 2 N–H and O–H groups in total. The van der Waals surface area contributed by atoms with Crippen LogP contribution in [0.2, 0.25) is 0 Å². The van der Waals surface area contributed by atoms with E-state index in [1.807, 2.05) is 6.92 Å². The van der Waals surface area contributed by atoms with E-state index in [9.17, 15) is 15.0 Å². The molecule has 4 fully saturated rings. The summed E-state index contributed by atoms with van der Waals surface area (Å²) in [5.41, 5.74) is 7.25. The number of carbonyl (C=O) groups is 1. The Balaban J connectivity index is 1.11. The van der Waals surface area contributed by atoms with Gasteiger partial charge in [-0.2, -0.15) is 0 Å². The maximum Gasteiger partial charge on any atom is 0.309 e. The highest BCUT2D eigenvalue weighted by Crippen LogP contribution is 2.49. The lowest BCUT2D eigenvalue weighted by atomic mass is 9.67. The Hall–Kier alpha value is -1.78. The van der Waals surface area contributed by atoms with Gasteiger partial charge in [-0.25, -0.2) is 0 Å². The molecule has 2 atom stereocenters. The zero-order valence-corrected chi connectivity index (χ0v) is 26.1. The van der Waals surface area contributed by atoms with E-state index < -0.39 is 11.4 Å². The molecule has 41 heavy (non-hydrogen) atoms. The largest absolute Gasteiger partial charge is 0.481 e. The number of carboxylic acids is 1.